The van der Waals surface area contributed by atoms with Crippen LogP contribution in [-0.2, 0) is 15.7 Å². The number of rotatable bonds is 4. The maximum absolute atomic E-state index is 13.8. The summed E-state index contributed by atoms with van der Waals surface area (Å²) in [5, 5.41) is 2.64. The number of anilines is 1. The quantitative estimate of drug-likeness (QED) is 0.723. The number of allylic oxidation sites excluding steroid dienone is 1. The van der Waals surface area contributed by atoms with Crippen molar-refractivity contribution in [1.82, 2.24) is 10.2 Å². The van der Waals surface area contributed by atoms with Crippen molar-refractivity contribution in [2.24, 2.45) is 0 Å². The maximum atomic E-state index is 13.8. The molecule has 1 saturated heterocycles. The van der Waals surface area contributed by atoms with Crippen LogP contribution in [0.15, 0.2) is 59.8 Å². The van der Waals surface area contributed by atoms with Crippen molar-refractivity contribution in [2.75, 3.05) is 38.3 Å². The molecule has 1 unspecified atom stereocenters. The number of nitrogens with zero attached hydrogens (tertiary/aromatic N) is 2. The van der Waals surface area contributed by atoms with Crippen LogP contribution in [0.4, 0.5) is 23.7 Å². The van der Waals surface area contributed by atoms with Crippen molar-refractivity contribution >= 4 is 17.6 Å². The number of carbonyl (C=O) groups excluding carboxylic acids is 2. The van der Waals surface area contributed by atoms with Crippen molar-refractivity contribution in [3.8, 4) is 5.75 Å². The Balaban J connectivity index is 1.86. The van der Waals surface area contributed by atoms with Crippen molar-refractivity contribution in [3.05, 3.63) is 70.9 Å². The number of halogens is 3. The van der Waals surface area contributed by atoms with E-state index in [2.05, 4.69) is 5.32 Å². The lowest BCUT2D eigenvalue weighted by Crippen LogP contribution is -2.51. The van der Waals surface area contributed by atoms with E-state index in [4.69, 9.17) is 9.47 Å². The summed E-state index contributed by atoms with van der Waals surface area (Å²) >= 11 is 0. The molecule has 2 aliphatic rings. The summed E-state index contributed by atoms with van der Waals surface area (Å²) in [6.45, 7) is 2.84. The Morgan fingerprint density at radius 3 is 2.35 bits per heavy atom. The summed E-state index contributed by atoms with van der Waals surface area (Å²) in [5.41, 5.74) is -0.306. The highest BCUT2D eigenvalue weighted by Gasteiger charge is 2.42. The molecule has 2 aromatic carbocycles. The van der Waals surface area contributed by atoms with E-state index < -0.39 is 29.7 Å². The Morgan fingerprint density at radius 2 is 1.74 bits per heavy atom. The largest absolute Gasteiger partial charge is 0.497 e. The zero-order valence-corrected chi connectivity index (χ0v) is 18.7. The van der Waals surface area contributed by atoms with Crippen LogP contribution in [0.25, 0.3) is 0 Å². The van der Waals surface area contributed by atoms with E-state index in [9.17, 15) is 22.8 Å². The highest BCUT2D eigenvalue weighted by Crippen LogP contribution is 2.40. The smallest absolute Gasteiger partial charge is 0.416 e. The van der Waals surface area contributed by atoms with Crippen molar-refractivity contribution in [1.29, 1.82) is 0 Å². The number of ether oxygens (including phenoxy) is 2. The fourth-order valence-corrected chi connectivity index (χ4v) is 4.24. The van der Waals surface area contributed by atoms with E-state index in [0.717, 1.165) is 6.07 Å². The molecular weight excluding hydrogens is 451 g/mol. The Morgan fingerprint density at radius 1 is 1.09 bits per heavy atom. The molecular formula is C24H24F3N3O4. The number of benzene rings is 2. The van der Waals surface area contributed by atoms with E-state index in [1.54, 1.807) is 31.2 Å². The standard InChI is InChI=1S/C24H24F3N3O4/c1-15-20(22(31)29-11-13-34-14-12-29)21(18-5-3-4-6-19(18)24(25,26)27)28-23(32)30(15)16-7-9-17(33-2)10-8-16/h3-10,21H,11-14H2,1-2H3,(H,28,32). The highest BCUT2D eigenvalue weighted by atomic mass is 19.4. The van der Waals surface area contributed by atoms with Crippen molar-refractivity contribution < 1.29 is 32.2 Å². The van der Waals surface area contributed by atoms with Gasteiger partial charge in [-0.3, -0.25) is 9.69 Å². The first-order valence-corrected chi connectivity index (χ1v) is 10.7. The second-order valence-corrected chi connectivity index (χ2v) is 7.90. The van der Waals surface area contributed by atoms with Crippen LogP contribution in [0.2, 0.25) is 0 Å². The normalized spacial score (nSPS) is 19.2. The van der Waals surface area contributed by atoms with E-state index in [1.807, 2.05) is 0 Å². The fourth-order valence-electron chi connectivity index (χ4n) is 4.24. The number of hydrogen-bond acceptors (Lipinski definition) is 4. The van der Waals surface area contributed by atoms with Gasteiger partial charge in [-0.2, -0.15) is 13.2 Å². The van der Waals surface area contributed by atoms with Crippen LogP contribution in [0, 0.1) is 0 Å². The molecule has 7 nitrogen and oxygen atoms in total. The number of amides is 3. The third kappa shape index (κ3) is 4.45. The van der Waals surface area contributed by atoms with E-state index >= 15 is 0 Å². The zero-order valence-electron chi connectivity index (χ0n) is 18.7. The molecule has 34 heavy (non-hydrogen) atoms. The molecule has 180 valence electrons. The minimum Gasteiger partial charge on any atom is -0.497 e. The van der Waals surface area contributed by atoms with Crippen LogP contribution in [0.5, 0.6) is 5.75 Å². The minimum absolute atomic E-state index is 0.0778. The van der Waals surface area contributed by atoms with Gasteiger partial charge in [-0.15, -0.1) is 0 Å². The lowest BCUT2D eigenvalue weighted by molar-refractivity contribution is -0.139. The molecule has 2 aliphatic heterocycles. The Kier molecular flexibility index (Phi) is 6.52. The number of alkyl halides is 3. The molecule has 4 rings (SSSR count). The molecule has 10 heteroatoms. The fraction of sp³-hybridized carbons (Fsp3) is 0.333. The summed E-state index contributed by atoms with van der Waals surface area (Å²) in [6.07, 6.45) is -4.66. The first-order valence-electron chi connectivity index (χ1n) is 10.7. The van der Waals surface area contributed by atoms with Gasteiger partial charge in [0.1, 0.15) is 5.75 Å². The molecule has 0 aromatic heterocycles. The van der Waals surface area contributed by atoms with Gasteiger partial charge in [0.25, 0.3) is 5.91 Å². The summed E-state index contributed by atoms with van der Waals surface area (Å²) in [6, 6.07) is 9.66. The monoisotopic (exact) mass is 475 g/mol. The van der Waals surface area contributed by atoms with Crippen LogP contribution in [0.1, 0.15) is 24.1 Å². The van der Waals surface area contributed by atoms with Crippen LogP contribution < -0.4 is 15.0 Å². The van der Waals surface area contributed by atoms with Gasteiger partial charge in [0.05, 0.1) is 43.2 Å². The molecule has 1 atom stereocenters. The first-order chi connectivity index (χ1) is 16.2. The predicted molar refractivity (Wildman–Crippen MR) is 118 cm³/mol. The Bertz CT molecular complexity index is 1110. The van der Waals surface area contributed by atoms with Crippen LogP contribution >= 0.6 is 0 Å². The third-order valence-electron chi connectivity index (χ3n) is 5.92. The molecule has 1 N–H and O–H groups in total. The van der Waals surface area contributed by atoms with Gasteiger partial charge in [-0.1, -0.05) is 18.2 Å². The molecule has 0 radical (unpaired) electrons. The van der Waals surface area contributed by atoms with E-state index in [1.165, 1.54) is 35.1 Å². The van der Waals surface area contributed by atoms with Gasteiger partial charge in [0.15, 0.2) is 0 Å². The van der Waals surface area contributed by atoms with E-state index in [0.29, 0.717) is 37.7 Å². The number of hydrogen-bond donors (Lipinski definition) is 1. The zero-order chi connectivity index (χ0) is 24.5. The summed E-state index contributed by atoms with van der Waals surface area (Å²) in [7, 11) is 1.51. The Labute approximate surface area is 194 Å². The number of nitrogens with one attached hydrogen (secondary N) is 1. The summed E-state index contributed by atoms with van der Waals surface area (Å²) in [4.78, 5) is 29.6. The summed E-state index contributed by atoms with van der Waals surface area (Å²) in [5.74, 6) is 0.130. The summed E-state index contributed by atoms with van der Waals surface area (Å²) < 4.78 is 52.0. The van der Waals surface area contributed by atoms with Crippen molar-refractivity contribution in [3.63, 3.8) is 0 Å². The van der Waals surface area contributed by atoms with Gasteiger partial charge in [-0.25, -0.2) is 4.79 Å². The van der Waals surface area contributed by atoms with Crippen LogP contribution in [-0.4, -0.2) is 50.3 Å². The number of morpholine rings is 1. The molecule has 0 spiro atoms. The molecule has 2 aromatic rings. The first kappa shape index (κ1) is 23.6. The number of methoxy groups -OCH3 is 1. The molecule has 3 amide bonds. The number of urea groups is 1. The van der Waals surface area contributed by atoms with E-state index in [-0.39, 0.29) is 16.8 Å². The SMILES string of the molecule is COc1ccc(N2C(=O)NC(c3ccccc3C(F)(F)F)C(C(=O)N3CCOCC3)=C2C)cc1. The molecule has 0 bridgehead atoms. The molecule has 1 fully saturated rings. The second-order valence-electron chi connectivity index (χ2n) is 7.90. The average Bonchev–Trinajstić information content (AvgIpc) is 2.84. The topological polar surface area (TPSA) is 71.1 Å². The predicted octanol–water partition coefficient (Wildman–Crippen LogP) is 4.12. The lowest BCUT2D eigenvalue weighted by Gasteiger charge is -2.38. The van der Waals surface area contributed by atoms with Crippen LogP contribution in [0.3, 0.4) is 0 Å². The second kappa shape index (κ2) is 9.38. The highest BCUT2D eigenvalue weighted by molar-refractivity contribution is 6.05. The minimum atomic E-state index is -4.66. The van der Waals surface area contributed by atoms with Gasteiger partial charge in [0, 0.05) is 18.8 Å². The molecule has 2 heterocycles. The van der Waals surface area contributed by atoms with Gasteiger partial charge in [-0.05, 0) is 42.8 Å². The average molecular weight is 475 g/mol. The molecule has 0 aliphatic carbocycles. The maximum Gasteiger partial charge on any atom is 0.416 e. The van der Waals surface area contributed by atoms with Gasteiger partial charge < -0.3 is 19.7 Å². The lowest BCUT2D eigenvalue weighted by atomic mass is 9.90. The van der Waals surface area contributed by atoms with Gasteiger partial charge >= 0.3 is 12.2 Å². The third-order valence-corrected chi connectivity index (χ3v) is 5.92. The Hall–Kier alpha value is -3.53. The van der Waals surface area contributed by atoms with Gasteiger partial charge in [0.2, 0.25) is 0 Å². The molecule has 0 saturated carbocycles. The number of carbonyl (C=O) groups is 2. The van der Waals surface area contributed by atoms with Crippen molar-refractivity contribution in [2.45, 2.75) is 19.1 Å².